The Hall–Kier alpha value is -0.660. The highest BCUT2D eigenvalue weighted by Crippen LogP contribution is 2.21. The Kier molecular flexibility index (Phi) is 7.70. The zero-order chi connectivity index (χ0) is 18.4. The second-order valence-electron chi connectivity index (χ2n) is 7.95. The van der Waals surface area contributed by atoms with Gasteiger partial charge < -0.3 is 10.2 Å². The van der Waals surface area contributed by atoms with Crippen LogP contribution < -0.4 is 5.32 Å². The van der Waals surface area contributed by atoms with E-state index in [-0.39, 0.29) is 17.6 Å². The molecule has 3 unspecified atom stereocenters. The highest BCUT2D eigenvalue weighted by atomic mass is 32.2. The van der Waals surface area contributed by atoms with Crippen molar-refractivity contribution in [2.75, 3.05) is 45.0 Å². The van der Waals surface area contributed by atoms with Gasteiger partial charge in [-0.05, 0) is 51.0 Å². The first kappa shape index (κ1) is 20.6. The normalized spacial score (nSPS) is 29.5. The molecule has 0 aromatic heterocycles. The summed E-state index contributed by atoms with van der Waals surface area (Å²) in [5.74, 6) is 1.43. The van der Waals surface area contributed by atoms with E-state index in [0.29, 0.717) is 19.6 Å². The predicted octanol–water partition coefficient (Wildman–Crippen LogP) is 1.53. The Morgan fingerprint density at radius 3 is 2.48 bits per heavy atom. The van der Waals surface area contributed by atoms with Crippen molar-refractivity contribution in [2.24, 2.45) is 17.8 Å². The highest BCUT2D eigenvalue weighted by molar-refractivity contribution is 7.89. The molecule has 0 bridgehead atoms. The molecule has 2 saturated heterocycles. The molecule has 3 atom stereocenters. The van der Waals surface area contributed by atoms with Crippen molar-refractivity contribution < 1.29 is 13.2 Å². The van der Waals surface area contributed by atoms with E-state index < -0.39 is 10.0 Å². The minimum Gasteiger partial charge on any atom is -0.356 e. The topological polar surface area (TPSA) is 69.7 Å². The molecule has 2 aliphatic rings. The number of nitrogens with one attached hydrogen (secondary N) is 1. The summed E-state index contributed by atoms with van der Waals surface area (Å²) in [6.45, 7) is 11.2. The molecule has 0 aromatic rings. The molecule has 1 N–H and O–H groups in total. The van der Waals surface area contributed by atoms with E-state index in [9.17, 15) is 13.2 Å². The molecule has 2 heterocycles. The lowest BCUT2D eigenvalue weighted by molar-refractivity contribution is -0.126. The van der Waals surface area contributed by atoms with Crippen LogP contribution in [0.2, 0.25) is 0 Å². The van der Waals surface area contributed by atoms with E-state index >= 15 is 0 Å². The van der Waals surface area contributed by atoms with Crippen LogP contribution in [-0.4, -0.2) is 68.6 Å². The Morgan fingerprint density at radius 1 is 1.16 bits per heavy atom. The van der Waals surface area contributed by atoms with E-state index in [1.807, 2.05) is 0 Å². The van der Waals surface area contributed by atoms with Crippen LogP contribution in [0, 0.1) is 17.8 Å². The monoisotopic (exact) mass is 373 g/mol. The van der Waals surface area contributed by atoms with Crippen LogP contribution in [-0.2, 0) is 14.8 Å². The maximum Gasteiger partial charge on any atom is 0.224 e. The molecule has 146 valence electrons. The first-order valence-corrected chi connectivity index (χ1v) is 11.4. The van der Waals surface area contributed by atoms with Crippen molar-refractivity contribution in [3.8, 4) is 0 Å². The number of amides is 1. The maximum absolute atomic E-state index is 12.4. The van der Waals surface area contributed by atoms with Crippen LogP contribution in [0.15, 0.2) is 0 Å². The van der Waals surface area contributed by atoms with Crippen molar-refractivity contribution in [1.82, 2.24) is 14.5 Å². The van der Waals surface area contributed by atoms with Gasteiger partial charge in [-0.25, -0.2) is 12.7 Å². The van der Waals surface area contributed by atoms with Gasteiger partial charge in [-0.2, -0.15) is 0 Å². The van der Waals surface area contributed by atoms with Crippen LogP contribution in [0.25, 0.3) is 0 Å². The van der Waals surface area contributed by atoms with Crippen molar-refractivity contribution in [3.05, 3.63) is 0 Å². The van der Waals surface area contributed by atoms with Crippen LogP contribution in [0.1, 0.15) is 46.5 Å². The molecule has 0 aliphatic carbocycles. The number of hydrogen-bond acceptors (Lipinski definition) is 4. The number of sulfonamides is 1. The van der Waals surface area contributed by atoms with Crippen LogP contribution in [0.4, 0.5) is 0 Å². The molecule has 1 amide bonds. The zero-order valence-corrected chi connectivity index (χ0v) is 16.9. The Labute approximate surface area is 153 Å². The first-order chi connectivity index (χ1) is 11.8. The molecule has 6 nitrogen and oxygen atoms in total. The third-order valence-electron chi connectivity index (χ3n) is 5.41. The minimum atomic E-state index is -3.19. The molecular weight excluding hydrogens is 338 g/mol. The number of likely N-dealkylation sites (tertiary alicyclic amines) is 1. The Morgan fingerprint density at radius 2 is 1.84 bits per heavy atom. The molecule has 2 fully saturated rings. The second-order valence-corrected chi connectivity index (χ2v) is 10.2. The number of piperidine rings is 2. The lowest BCUT2D eigenvalue weighted by Gasteiger charge is -2.35. The smallest absolute Gasteiger partial charge is 0.224 e. The van der Waals surface area contributed by atoms with Crippen molar-refractivity contribution in [3.63, 3.8) is 0 Å². The van der Waals surface area contributed by atoms with Gasteiger partial charge >= 0.3 is 0 Å². The minimum absolute atomic E-state index is 0.0105. The number of nitrogens with zero attached hydrogens (tertiary/aromatic N) is 2. The molecule has 0 radical (unpaired) electrons. The quantitative estimate of drug-likeness (QED) is 0.687. The number of carbonyl (C=O) groups excluding carboxylic acids is 1. The van der Waals surface area contributed by atoms with Gasteiger partial charge in [0.05, 0.1) is 11.7 Å². The third-order valence-corrected chi connectivity index (χ3v) is 7.26. The van der Waals surface area contributed by atoms with Crippen molar-refractivity contribution in [2.45, 2.75) is 46.5 Å². The fourth-order valence-corrected chi connectivity index (χ4v) is 5.40. The zero-order valence-electron chi connectivity index (χ0n) is 16.0. The van der Waals surface area contributed by atoms with E-state index in [4.69, 9.17) is 0 Å². The van der Waals surface area contributed by atoms with E-state index in [2.05, 4.69) is 24.1 Å². The first-order valence-electron chi connectivity index (χ1n) is 9.79. The summed E-state index contributed by atoms with van der Waals surface area (Å²) < 4.78 is 25.5. The summed E-state index contributed by atoms with van der Waals surface area (Å²) >= 11 is 0. The lowest BCUT2D eigenvalue weighted by atomic mass is 9.92. The van der Waals surface area contributed by atoms with E-state index in [0.717, 1.165) is 50.7 Å². The van der Waals surface area contributed by atoms with Gasteiger partial charge in [0.1, 0.15) is 0 Å². The average molecular weight is 374 g/mol. The summed E-state index contributed by atoms with van der Waals surface area (Å²) in [5, 5.41) is 3.02. The summed E-state index contributed by atoms with van der Waals surface area (Å²) in [6, 6.07) is 0. The summed E-state index contributed by atoms with van der Waals surface area (Å²) in [6.07, 6.45) is 3.81. The van der Waals surface area contributed by atoms with Gasteiger partial charge in [-0.15, -0.1) is 0 Å². The summed E-state index contributed by atoms with van der Waals surface area (Å²) in [4.78, 5) is 14.9. The van der Waals surface area contributed by atoms with Gasteiger partial charge in [-0.3, -0.25) is 4.79 Å². The molecule has 0 spiro atoms. The van der Waals surface area contributed by atoms with Crippen LogP contribution in [0.5, 0.6) is 0 Å². The molecule has 2 aliphatic heterocycles. The molecule has 0 saturated carbocycles. The van der Waals surface area contributed by atoms with Gasteiger partial charge in [-0.1, -0.05) is 13.8 Å². The Balaban J connectivity index is 1.69. The standard InChI is InChI=1S/C18H35N3O3S/c1-4-25(23,24)21-10-5-7-17(14-21)18(22)19-8-6-9-20-12-15(2)11-16(3)13-20/h15-17H,4-14H2,1-3H3,(H,19,22). The van der Waals surface area contributed by atoms with Crippen molar-refractivity contribution in [1.29, 1.82) is 0 Å². The third kappa shape index (κ3) is 6.22. The van der Waals surface area contributed by atoms with Gasteiger partial charge in [0, 0.05) is 32.7 Å². The van der Waals surface area contributed by atoms with E-state index in [1.54, 1.807) is 6.92 Å². The second kappa shape index (κ2) is 9.33. The van der Waals surface area contributed by atoms with Crippen LogP contribution >= 0.6 is 0 Å². The fourth-order valence-electron chi connectivity index (χ4n) is 4.22. The predicted molar refractivity (Wildman–Crippen MR) is 101 cm³/mol. The SMILES string of the molecule is CCS(=O)(=O)N1CCCC(C(=O)NCCCN2CC(C)CC(C)C2)C1. The number of carbonyl (C=O) groups is 1. The molecule has 7 heteroatoms. The maximum atomic E-state index is 12.4. The number of hydrogen-bond donors (Lipinski definition) is 1. The largest absolute Gasteiger partial charge is 0.356 e. The summed E-state index contributed by atoms with van der Waals surface area (Å²) in [7, 11) is -3.19. The Bertz CT molecular complexity index is 528. The van der Waals surface area contributed by atoms with E-state index in [1.165, 1.54) is 10.7 Å². The molecule has 2 rings (SSSR count). The van der Waals surface area contributed by atoms with Crippen LogP contribution in [0.3, 0.4) is 0 Å². The van der Waals surface area contributed by atoms with Gasteiger partial charge in [0.15, 0.2) is 0 Å². The number of rotatable bonds is 7. The molecular formula is C18H35N3O3S. The van der Waals surface area contributed by atoms with Crippen molar-refractivity contribution >= 4 is 15.9 Å². The molecule has 25 heavy (non-hydrogen) atoms. The average Bonchev–Trinajstić information content (AvgIpc) is 2.58. The summed E-state index contributed by atoms with van der Waals surface area (Å²) in [5.41, 5.74) is 0. The van der Waals surface area contributed by atoms with Gasteiger partial charge in [0.25, 0.3) is 0 Å². The lowest BCUT2D eigenvalue weighted by Crippen LogP contribution is -2.46. The molecule has 0 aromatic carbocycles. The fraction of sp³-hybridized carbons (Fsp3) is 0.944. The van der Waals surface area contributed by atoms with Gasteiger partial charge in [0.2, 0.25) is 15.9 Å². The highest BCUT2D eigenvalue weighted by Gasteiger charge is 2.31.